The molecule has 1 saturated heterocycles. The maximum atomic E-state index is 12.1. The third-order valence-electron chi connectivity index (χ3n) is 4.27. The highest BCUT2D eigenvalue weighted by Gasteiger charge is 2.47. The zero-order valence-corrected chi connectivity index (χ0v) is 13.7. The van der Waals surface area contributed by atoms with Crippen LogP contribution in [-0.2, 0) is 4.79 Å². The minimum absolute atomic E-state index is 0. The van der Waals surface area contributed by atoms with Gasteiger partial charge in [-0.25, -0.2) is 4.85 Å². The molecule has 3 rings (SSSR count). The van der Waals surface area contributed by atoms with Gasteiger partial charge in [0.1, 0.15) is 17.5 Å². The Morgan fingerprint density at radius 3 is 2.77 bits per heavy atom. The zero-order chi connectivity index (χ0) is 15.2. The molecule has 2 atom stereocenters. The first-order valence-electron chi connectivity index (χ1n) is 7.12. The van der Waals surface area contributed by atoms with E-state index in [1.807, 2.05) is 13.8 Å². The highest BCUT2D eigenvalue weighted by Crippen LogP contribution is 2.45. The summed E-state index contributed by atoms with van der Waals surface area (Å²) in [6.45, 7) is 11.4. The average molecular weight is 320 g/mol. The van der Waals surface area contributed by atoms with Crippen molar-refractivity contribution in [2.24, 2.45) is 0 Å². The number of amides is 1. The second kappa shape index (κ2) is 5.82. The van der Waals surface area contributed by atoms with E-state index in [-0.39, 0.29) is 19.4 Å². The monoisotopic (exact) mass is 320 g/mol. The fourth-order valence-corrected chi connectivity index (χ4v) is 3.13. The summed E-state index contributed by atoms with van der Waals surface area (Å²) in [4.78, 5) is 17.3. The van der Waals surface area contributed by atoms with Gasteiger partial charge in [-0.15, -0.1) is 0 Å². The number of hydrogen-bond acceptors (Lipinski definition) is 3. The molecule has 2 heterocycles. The molecule has 0 bridgehead atoms. The number of fused-ring (bicyclic) bond motifs is 1. The van der Waals surface area contributed by atoms with Crippen LogP contribution in [0.2, 0.25) is 0 Å². The van der Waals surface area contributed by atoms with Gasteiger partial charge in [-0.1, -0.05) is 6.07 Å². The Bertz CT molecular complexity index is 639. The highest BCUT2D eigenvalue weighted by molar-refractivity contribution is 7.59. The van der Waals surface area contributed by atoms with Crippen molar-refractivity contribution < 1.29 is 14.6 Å². The Balaban J connectivity index is 0.00000176. The van der Waals surface area contributed by atoms with E-state index in [1.54, 1.807) is 23.1 Å². The minimum Gasteiger partial charge on any atom is -0.485 e. The summed E-state index contributed by atoms with van der Waals surface area (Å²) in [5, 5.41) is 10.7. The van der Waals surface area contributed by atoms with Crippen LogP contribution in [0, 0.1) is 6.57 Å². The first-order chi connectivity index (χ1) is 9.94. The van der Waals surface area contributed by atoms with E-state index in [0.717, 1.165) is 12.0 Å². The molecule has 1 amide bonds. The van der Waals surface area contributed by atoms with Crippen LogP contribution in [0.15, 0.2) is 18.2 Å². The largest absolute Gasteiger partial charge is 0.485 e. The van der Waals surface area contributed by atoms with Crippen LogP contribution in [-0.4, -0.2) is 34.2 Å². The lowest BCUT2D eigenvalue weighted by atomic mass is 9.85. The summed E-state index contributed by atoms with van der Waals surface area (Å²) < 4.78 is 5.87. The molecule has 0 saturated carbocycles. The smallest absolute Gasteiger partial charge is 0.223 e. The Morgan fingerprint density at radius 2 is 2.18 bits per heavy atom. The molecule has 5 nitrogen and oxygen atoms in total. The second-order valence-electron chi connectivity index (χ2n) is 6.12. The molecule has 6 heteroatoms. The Hall–Kier alpha value is -1.71. The van der Waals surface area contributed by atoms with Gasteiger partial charge in [0.2, 0.25) is 5.91 Å². The van der Waals surface area contributed by atoms with Crippen LogP contribution in [0.3, 0.4) is 0 Å². The molecule has 1 aromatic carbocycles. The second-order valence-corrected chi connectivity index (χ2v) is 6.12. The Kier molecular flexibility index (Phi) is 4.41. The van der Waals surface area contributed by atoms with Crippen molar-refractivity contribution in [1.29, 1.82) is 0 Å². The topological polar surface area (TPSA) is 54.1 Å². The number of aliphatic hydroxyl groups excluding tert-OH is 1. The third-order valence-corrected chi connectivity index (χ3v) is 4.27. The number of carbonyl (C=O) groups excluding carboxylic acids is 1. The van der Waals surface area contributed by atoms with Gasteiger partial charge in [0.05, 0.1) is 12.6 Å². The molecule has 118 valence electrons. The molecule has 0 aromatic heterocycles. The maximum Gasteiger partial charge on any atom is 0.223 e. The molecule has 22 heavy (non-hydrogen) atoms. The summed E-state index contributed by atoms with van der Waals surface area (Å²) in [6, 6.07) is 4.73. The lowest BCUT2D eigenvalue weighted by molar-refractivity contribution is -0.139. The summed E-state index contributed by atoms with van der Waals surface area (Å²) in [6.07, 6.45) is 0.497. The number of hydrogen-bond donors (Lipinski definition) is 1. The van der Waals surface area contributed by atoms with Crippen LogP contribution >= 0.6 is 13.5 Å². The van der Waals surface area contributed by atoms with Gasteiger partial charge in [-0.3, -0.25) is 4.79 Å². The van der Waals surface area contributed by atoms with Crippen molar-refractivity contribution in [1.82, 2.24) is 4.90 Å². The van der Waals surface area contributed by atoms with Gasteiger partial charge in [0.25, 0.3) is 0 Å². The number of ether oxygens (including phenoxy) is 1. The van der Waals surface area contributed by atoms with E-state index < -0.39 is 17.7 Å². The van der Waals surface area contributed by atoms with Crippen LogP contribution in [0.1, 0.15) is 38.3 Å². The van der Waals surface area contributed by atoms with E-state index in [9.17, 15) is 9.90 Å². The van der Waals surface area contributed by atoms with Gasteiger partial charge >= 0.3 is 0 Å². The maximum absolute atomic E-state index is 12.1. The third kappa shape index (κ3) is 2.55. The molecule has 2 aliphatic rings. The lowest BCUT2D eigenvalue weighted by Gasteiger charge is -2.45. The molecule has 0 spiro atoms. The molecule has 1 fully saturated rings. The van der Waals surface area contributed by atoms with Gasteiger partial charge < -0.3 is 14.7 Å². The normalized spacial score (nSPS) is 25.7. The first-order valence-corrected chi connectivity index (χ1v) is 7.12. The van der Waals surface area contributed by atoms with E-state index in [1.165, 1.54) is 0 Å². The minimum atomic E-state index is -0.826. The van der Waals surface area contributed by atoms with Crippen molar-refractivity contribution in [2.75, 3.05) is 6.54 Å². The summed E-state index contributed by atoms with van der Waals surface area (Å²) in [7, 11) is 0. The van der Waals surface area contributed by atoms with Crippen molar-refractivity contribution in [3.63, 3.8) is 0 Å². The number of likely N-dealkylation sites (tertiary alicyclic amines) is 1. The van der Waals surface area contributed by atoms with E-state index in [0.29, 0.717) is 24.4 Å². The van der Waals surface area contributed by atoms with Gasteiger partial charge in [0.15, 0.2) is 5.69 Å². The van der Waals surface area contributed by atoms with Crippen LogP contribution in [0.5, 0.6) is 5.75 Å². The number of nitrogens with zero attached hydrogens (tertiary/aromatic N) is 2. The molecule has 1 unspecified atom stereocenters. The van der Waals surface area contributed by atoms with Gasteiger partial charge in [0, 0.05) is 18.5 Å². The van der Waals surface area contributed by atoms with Crippen molar-refractivity contribution >= 4 is 25.1 Å². The lowest BCUT2D eigenvalue weighted by Crippen LogP contribution is -2.53. The van der Waals surface area contributed by atoms with Gasteiger partial charge in [-0.2, -0.15) is 13.5 Å². The number of aliphatic hydroxyl groups is 1. The molecule has 1 aromatic rings. The van der Waals surface area contributed by atoms with Crippen molar-refractivity contribution in [3.05, 3.63) is 35.2 Å². The fourth-order valence-electron chi connectivity index (χ4n) is 3.13. The molecule has 1 N–H and O–H groups in total. The molecule has 0 radical (unpaired) electrons. The Morgan fingerprint density at radius 1 is 1.45 bits per heavy atom. The number of carbonyl (C=O) groups is 1. The van der Waals surface area contributed by atoms with E-state index in [4.69, 9.17) is 11.3 Å². The quantitative estimate of drug-likeness (QED) is 0.809. The van der Waals surface area contributed by atoms with Crippen molar-refractivity contribution in [3.8, 4) is 5.75 Å². The van der Waals surface area contributed by atoms with Crippen molar-refractivity contribution in [2.45, 2.75) is 44.4 Å². The van der Waals surface area contributed by atoms with Crippen LogP contribution in [0.25, 0.3) is 4.85 Å². The van der Waals surface area contributed by atoms with Gasteiger partial charge in [-0.05, 0) is 32.4 Å². The summed E-state index contributed by atoms with van der Waals surface area (Å²) in [5.74, 6) is 0.693. The number of rotatable bonds is 1. The molecular weight excluding hydrogens is 300 g/mol. The van der Waals surface area contributed by atoms with E-state index in [2.05, 4.69) is 4.85 Å². The predicted octanol–water partition coefficient (Wildman–Crippen LogP) is 2.55. The highest BCUT2D eigenvalue weighted by atomic mass is 32.1. The summed E-state index contributed by atoms with van der Waals surface area (Å²) in [5.41, 5.74) is 0.437. The summed E-state index contributed by atoms with van der Waals surface area (Å²) >= 11 is 0. The SMILES string of the molecule is S.[C-]#[N+]c1ccc2c(c1)[C@H](N1CCCC1=O)C(O)C(C)(C)O2. The zero-order valence-electron chi connectivity index (χ0n) is 12.7. The van der Waals surface area contributed by atoms with Crippen LogP contribution < -0.4 is 4.74 Å². The Labute approximate surface area is 137 Å². The number of benzene rings is 1. The first kappa shape index (κ1) is 16.7. The molecule has 2 aliphatic heterocycles. The molecule has 0 aliphatic carbocycles. The average Bonchev–Trinajstić information content (AvgIpc) is 2.86. The predicted molar refractivity (Wildman–Crippen MR) is 87.5 cm³/mol. The van der Waals surface area contributed by atoms with E-state index >= 15 is 0 Å². The van der Waals surface area contributed by atoms with Crippen LogP contribution in [0.4, 0.5) is 5.69 Å². The fraction of sp³-hybridized carbons (Fsp3) is 0.500. The standard InChI is InChI=1S/C16H18N2O3.H2S/c1-16(2)15(20)14(18-8-4-5-13(18)19)11-9-10(17-3)6-7-12(11)21-16;/h6-7,9,14-15,20H,4-5,8H2,1-2H3;1H2/t14-,15?;/m0./s1. The molecular formula is C16H20N2O3S.